The van der Waals surface area contributed by atoms with Crippen LogP contribution in [0.4, 0.5) is 57.5 Å². The van der Waals surface area contributed by atoms with Crippen LogP contribution in [0.15, 0.2) is 36.4 Å². The number of carbonyl (C=O) groups excluding carboxylic acids is 1. The minimum absolute atomic E-state index is 0.00951. The van der Waals surface area contributed by atoms with Crippen molar-refractivity contribution in [2.75, 3.05) is 13.2 Å². The van der Waals surface area contributed by atoms with E-state index in [9.17, 15) is 62.6 Å². The van der Waals surface area contributed by atoms with E-state index in [2.05, 4.69) is 0 Å². The molecular weight excluding hydrogens is 578 g/mol. The normalized spacial score (nSPS) is 17.4. The van der Waals surface area contributed by atoms with Crippen molar-refractivity contribution in [3.63, 3.8) is 0 Å². The Morgan fingerprint density at radius 1 is 0.725 bits per heavy atom. The Labute approximate surface area is 218 Å². The summed E-state index contributed by atoms with van der Waals surface area (Å²) in [6.45, 7) is 0.728. The van der Waals surface area contributed by atoms with Crippen LogP contribution in [-0.2, 0) is 35.0 Å². The average Bonchev–Trinajstić information content (AvgIpc) is 3.31. The van der Waals surface area contributed by atoms with Gasteiger partial charge in [-0.05, 0) is 67.3 Å². The predicted octanol–water partition coefficient (Wildman–Crippen LogP) is 7.62. The second kappa shape index (κ2) is 10.3. The first kappa shape index (κ1) is 31.4. The molecule has 1 aliphatic heterocycles. The number of hydrogen-bond donors (Lipinski definition) is 1. The number of nitrogens with zero attached hydrogens (tertiary/aromatic N) is 1. The Bertz CT molecular complexity index is 1110. The molecule has 1 heterocycles. The zero-order chi connectivity index (χ0) is 30.5. The summed E-state index contributed by atoms with van der Waals surface area (Å²) in [5.41, 5.74) is -14.0. The molecule has 0 saturated carbocycles. The van der Waals surface area contributed by atoms with Crippen LogP contribution in [0.25, 0.3) is 0 Å². The molecule has 1 atom stereocenters. The molecule has 2 aromatic rings. The van der Waals surface area contributed by atoms with E-state index in [4.69, 9.17) is 4.74 Å². The van der Waals surface area contributed by atoms with E-state index >= 15 is 0 Å². The van der Waals surface area contributed by atoms with E-state index in [1.807, 2.05) is 0 Å². The van der Waals surface area contributed by atoms with Gasteiger partial charge in [0.1, 0.15) is 5.60 Å². The molecule has 16 heteroatoms. The van der Waals surface area contributed by atoms with Crippen molar-refractivity contribution in [2.24, 2.45) is 0 Å². The molecule has 0 spiro atoms. The first-order valence-electron chi connectivity index (χ1n) is 11.4. The Morgan fingerprint density at radius 3 is 1.35 bits per heavy atom. The van der Waals surface area contributed by atoms with Gasteiger partial charge in [0.25, 0.3) is 0 Å². The maximum atomic E-state index is 13.6. The van der Waals surface area contributed by atoms with E-state index in [1.54, 1.807) is 0 Å². The van der Waals surface area contributed by atoms with Crippen molar-refractivity contribution in [3.05, 3.63) is 69.8 Å². The summed E-state index contributed by atoms with van der Waals surface area (Å²) in [5.74, 6) is 0. The molecule has 0 bridgehead atoms. The van der Waals surface area contributed by atoms with Crippen LogP contribution >= 0.6 is 0 Å². The zero-order valence-corrected chi connectivity index (χ0v) is 20.1. The number of benzene rings is 2. The molecule has 0 aliphatic carbocycles. The van der Waals surface area contributed by atoms with Crippen LogP contribution in [0.2, 0.25) is 0 Å². The molecule has 0 radical (unpaired) electrons. The molecule has 0 aromatic heterocycles. The van der Waals surface area contributed by atoms with Crippen molar-refractivity contribution >= 4 is 6.09 Å². The summed E-state index contributed by atoms with van der Waals surface area (Å²) in [5, 5.41) is 11.9. The third-order valence-corrected chi connectivity index (χ3v) is 6.29. The second-order valence-electron chi connectivity index (χ2n) is 8.91. The van der Waals surface area contributed by atoms with Crippen LogP contribution in [0.3, 0.4) is 0 Å². The number of halogens is 12. The predicted molar refractivity (Wildman–Crippen MR) is 113 cm³/mol. The average molecular weight is 597 g/mol. The lowest BCUT2D eigenvalue weighted by atomic mass is 9.77. The van der Waals surface area contributed by atoms with E-state index in [-0.39, 0.29) is 56.0 Å². The van der Waals surface area contributed by atoms with E-state index in [1.165, 1.54) is 6.92 Å². The Morgan fingerprint density at radius 2 is 1.05 bits per heavy atom. The van der Waals surface area contributed by atoms with Gasteiger partial charge in [0.15, 0.2) is 0 Å². The van der Waals surface area contributed by atoms with Crippen molar-refractivity contribution in [1.29, 1.82) is 0 Å². The number of alkyl halides is 12. The Hall–Kier alpha value is -3.17. The summed E-state index contributed by atoms with van der Waals surface area (Å²) in [4.78, 5) is 13.2. The van der Waals surface area contributed by atoms with Gasteiger partial charge < -0.3 is 14.7 Å². The van der Waals surface area contributed by atoms with Gasteiger partial charge in [-0.3, -0.25) is 0 Å². The van der Waals surface area contributed by atoms with Gasteiger partial charge in [0, 0.05) is 6.54 Å². The monoisotopic (exact) mass is 597 g/mol. The van der Waals surface area contributed by atoms with Crippen LogP contribution in [0.1, 0.15) is 53.1 Å². The highest BCUT2D eigenvalue weighted by atomic mass is 19.4. The molecule has 2 aromatic carbocycles. The van der Waals surface area contributed by atoms with Crippen molar-refractivity contribution in [2.45, 2.75) is 56.1 Å². The van der Waals surface area contributed by atoms with Crippen molar-refractivity contribution in [3.8, 4) is 0 Å². The number of carbonyl (C=O) groups is 1. The quantitative estimate of drug-likeness (QED) is 0.369. The number of likely N-dealkylation sites (tertiary alicyclic amines) is 1. The fraction of sp³-hybridized carbons (Fsp3) is 0.458. The molecule has 222 valence electrons. The zero-order valence-electron chi connectivity index (χ0n) is 20.1. The van der Waals surface area contributed by atoms with Gasteiger partial charge in [-0.25, -0.2) is 4.79 Å². The van der Waals surface area contributed by atoms with Gasteiger partial charge in [-0.15, -0.1) is 0 Å². The third kappa shape index (κ3) is 6.25. The molecule has 3 rings (SSSR count). The molecule has 1 aliphatic rings. The highest BCUT2D eigenvalue weighted by Gasteiger charge is 2.51. The lowest BCUT2D eigenvalue weighted by Crippen LogP contribution is -2.51. The minimum atomic E-state index is -5.47. The summed E-state index contributed by atoms with van der Waals surface area (Å²) < 4.78 is 168. The standard InChI is InChI=1S/C24H19F12NO3/c1-2-40-19(38)37-5-3-4-18(37)20(39,12-6-14(21(25,26)27)10-15(7-12)22(28,29)30)13-8-16(23(31,32)33)11-17(9-13)24(34,35)36/h6-11,18,39H,2-5H2,1H3/t18-/m0/s1. The minimum Gasteiger partial charge on any atom is -0.450 e. The number of amides is 1. The van der Waals surface area contributed by atoms with Crippen LogP contribution < -0.4 is 0 Å². The lowest BCUT2D eigenvalue weighted by molar-refractivity contribution is -0.144. The van der Waals surface area contributed by atoms with E-state index < -0.39 is 82.2 Å². The van der Waals surface area contributed by atoms with Crippen LogP contribution in [0, 0.1) is 0 Å². The summed E-state index contributed by atoms with van der Waals surface area (Å²) in [6, 6.07) is -2.60. The van der Waals surface area contributed by atoms with Crippen LogP contribution in [0.5, 0.6) is 0 Å². The van der Waals surface area contributed by atoms with Gasteiger partial charge in [-0.2, -0.15) is 52.7 Å². The SMILES string of the molecule is CCOC(=O)N1CCC[C@H]1C(O)(c1cc(C(F)(F)F)cc(C(F)(F)F)c1)c1cc(C(F)(F)F)cc(C(F)(F)F)c1. The fourth-order valence-corrected chi connectivity index (χ4v) is 4.53. The maximum absolute atomic E-state index is 13.6. The maximum Gasteiger partial charge on any atom is 0.416 e. The largest absolute Gasteiger partial charge is 0.450 e. The Kier molecular flexibility index (Phi) is 8.11. The molecular formula is C24H19F12NO3. The fourth-order valence-electron chi connectivity index (χ4n) is 4.53. The number of ether oxygens (including phenoxy) is 1. The molecule has 1 N–H and O–H groups in total. The number of hydrogen-bond acceptors (Lipinski definition) is 3. The van der Waals surface area contributed by atoms with E-state index in [0.29, 0.717) is 4.90 Å². The summed E-state index contributed by atoms with van der Waals surface area (Å²) in [7, 11) is 0. The van der Waals surface area contributed by atoms with Crippen molar-refractivity contribution < 1.29 is 67.3 Å². The van der Waals surface area contributed by atoms with E-state index in [0.717, 1.165) is 0 Å². The highest BCUT2D eigenvalue weighted by Crippen LogP contribution is 2.47. The first-order chi connectivity index (χ1) is 18.1. The number of rotatable bonds is 4. The molecule has 1 amide bonds. The Balaban J connectivity index is 2.47. The molecule has 1 saturated heterocycles. The second-order valence-corrected chi connectivity index (χ2v) is 8.91. The molecule has 0 unspecified atom stereocenters. The highest BCUT2D eigenvalue weighted by molar-refractivity contribution is 5.69. The van der Waals surface area contributed by atoms with Gasteiger partial charge in [0.05, 0.1) is 34.9 Å². The summed E-state index contributed by atoms with van der Waals surface area (Å²) >= 11 is 0. The van der Waals surface area contributed by atoms with Crippen LogP contribution in [-0.4, -0.2) is 35.3 Å². The molecule has 1 fully saturated rings. The number of aliphatic hydroxyl groups is 1. The first-order valence-corrected chi connectivity index (χ1v) is 11.4. The molecule has 40 heavy (non-hydrogen) atoms. The van der Waals surface area contributed by atoms with Gasteiger partial charge in [-0.1, -0.05) is 0 Å². The van der Waals surface area contributed by atoms with Gasteiger partial charge in [0.2, 0.25) is 0 Å². The summed E-state index contributed by atoms with van der Waals surface area (Å²) in [6.07, 6.45) is -23.6. The molecule has 4 nitrogen and oxygen atoms in total. The topological polar surface area (TPSA) is 49.8 Å². The van der Waals surface area contributed by atoms with Gasteiger partial charge >= 0.3 is 30.8 Å². The third-order valence-electron chi connectivity index (χ3n) is 6.29. The lowest BCUT2D eigenvalue weighted by Gasteiger charge is -2.40. The van der Waals surface area contributed by atoms with Crippen molar-refractivity contribution in [1.82, 2.24) is 4.90 Å². The smallest absolute Gasteiger partial charge is 0.416 e.